The Morgan fingerprint density at radius 1 is 1.00 bits per heavy atom. The molecule has 8 heteroatoms. The summed E-state index contributed by atoms with van der Waals surface area (Å²) in [5, 5.41) is 8.41. The Hall–Kier alpha value is -3.00. The Labute approximate surface area is 173 Å². The van der Waals surface area contributed by atoms with Crippen LogP contribution in [0.2, 0.25) is 0 Å². The molecule has 0 atom stereocenters. The first-order valence-corrected chi connectivity index (χ1v) is 9.82. The third kappa shape index (κ3) is 4.54. The first-order chi connectivity index (χ1) is 14.0. The van der Waals surface area contributed by atoms with Crippen molar-refractivity contribution in [1.29, 1.82) is 0 Å². The van der Waals surface area contributed by atoms with E-state index in [0.29, 0.717) is 39.5 Å². The first kappa shape index (κ1) is 20.7. The smallest absolute Gasteiger partial charge is 0.277 e. The summed E-state index contributed by atoms with van der Waals surface area (Å²) < 4.78 is 21.7. The molecule has 0 fully saturated rings. The fourth-order valence-corrected chi connectivity index (χ4v) is 3.57. The van der Waals surface area contributed by atoms with Crippen molar-refractivity contribution in [2.24, 2.45) is 0 Å². The topological polar surface area (TPSA) is 83.7 Å². The summed E-state index contributed by atoms with van der Waals surface area (Å²) in [6, 6.07) is 9.23. The monoisotopic (exact) mass is 414 g/mol. The van der Waals surface area contributed by atoms with Gasteiger partial charge in [0.15, 0.2) is 17.3 Å². The number of hydrogen-bond donors (Lipinski definition) is 0. The molecule has 2 aromatic carbocycles. The average Bonchev–Trinajstić information content (AvgIpc) is 3.20. The molecule has 1 heterocycles. The van der Waals surface area contributed by atoms with Crippen molar-refractivity contribution in [1.82, 2.24) is 10.2 Å². The third-order valence-corrected chi connectivity index (χ3v) is 5.15. The maximum Gasteiger partial charge on any atom is 0.277 e. The zero-order valence-corrected chi connectivity index (χ0v) is 17.8. The van der Waals surface area contributed by atoms with Crippen LogP contribution in [0.4, 0.5) is 0 Å². The van der Waals surface area contributed by atoms with Crippen molar-refractivity contribution in [2.45, 2.75) is 19.1 Å². The van der Waals surface area contributed by atoms with Crippen molar-refractivity contribution in [2.75, 3.05) is 27.1 Å². The van der Waals surface area contributed by atoms with Crippen LogP contribution in [0.1, 0.15) is 21.5 Å². The summed E-state index contributed by atoms with van der Waals surface area (Å²) in [6.45, 7) is 3.93. The molecule has 0 aliphatic carbocycles. The van der Waals surface area contributed by atoms with E-state index in [-0.39, 0.29) is 11.5 Å². The van der Waals surface area contributed by atoms with E-state index in [0.717, 1.165) is 11.1 Å². The molecule has 0 aliphatic rings. The number of aromatic nitrogens is 2. The van der Waals surface area contributed by atoms with Gasteiger partial charge in [0.05, 0.1) is 27.1 Å². The summed E-state index contributed by atoms with van der Waals surface area (Å²) in [6.07, 6.45) is 0. The summed E-state index contributed by atoms with van der Waals surface area (Å²) in [4.78, 5) is 12.5. The number of methoxy groups -OCH3 is 3. The van der Waals surface area contributed by atoms with Crippen LogP contribution < -0.4 is 14.2 Å². The van der Waals surface area contributed by atoms with Gasteiger partial charge in [-0.25, -0.2) is 0 Å². The Kier molecular flexibility index (Phi) is 6.43. The number of ketones is 1. The number of Topliss-reactive ketones (excluding diaryl/α,β-unsaturated/α-hetero) is 1. The van der Waals surface area contributed by atoms with Crippen molar-refractivity contribution < 1.29 is 23.4 Å². The van der Waals surface area contributed by atoms with Crippen LogP contribution in [-0.4, -0.2) is 43.1 Å². The minimum atomic E-state index is 0.0139. The normalized spacial score (nSPS) is 10.7. The van der Waals surface area contributed by atoms with Crippen LogP contribution in [-0.2, 0) is 0 Å². The lowest BCUT2D eigenvalue weighted by Crippen LogP contribution is -2.04. The number of ether oxygens (including phenoxy) is 3. The van der Waals surface area contributed by atoms with Gasteiger partial charge in [-0.3, -0.25) is 4.79 Å². The van der Waals surface area contributed by atoms with Crippen molar-refractivity contribution in [3.8, 4) is 28.7 Å². The van der Waals surface area contributed by atoms with E-state index in [9.17, 15) is 4.79 Å². The second-order valence-corrected chi connectivity index (χ2v) is 7.24. The van der Waals surface area contributed by atoms with E-state index in [1.807, 2.05) is 32.0 Å². The van der Waals surface area contributed by atoms with E-state index in [1.54, 1.807) is 12.1 Å². The number of thioether (sulfide) groups is 1. The van der Waals surface area contributed by atoms with E-state index < -0.39 is 0 Å². The predicted octanol–water partition coefficient (Wildman–Crippen LogP) is 4.35. The van der Waals surface area contributed by atoms with Gasteiger partial charge in [-0.15, -0.1) is 10.2 Å². The summed E-state index contributed by atoms with van der Waals surface area (Å²) in [7, 11) is 4.61. The molecule has 0 bridgehead atoms. The Balaban J connectivity index is 1.76. The highest BCUT2D eigenvalue weighted by Crippen LogP contribution is 2.41. The Bertz CT molecular complexity index is 1010. The molecule has 0 saturated carbocycles. The van der Waals surface area contributed by atoms with Crippen LogP contribution in [0, 0.1) is 13.8 Å². The number of carbonyl (C=O) groups is 1. The van der Waals surface area contributed by atoms with Gasteiger partial charge < -0.3 is 18.6 Å². The second kappa shape index (κ2) is 9.00. The summed E-state index contributed by atoms with van der Waals surface area (Å²) in [5.41, 5.74) is 3.41. The zero-order chi connectivity index (χ0) is 21.0. The quantitative estimate of drug-likeness (QED) is 0.397. The van der Waals surface area contributed by atoms with Crippen LogP contribution in [0.5, 0.6) is 17.2 Å². The van der Waals surface area contributed by atoms with Gasteiger partial charge in [0.25, 0.3) is 5.22 Å². The highest BCUT2D eigenvalue weighted by Gasteiger charge is 2.18. The van der Waals surface area contributed by atoms with Crippen LogP contribution in [0.15, 0.2) is 40.0 Å². The van der Waals surface area contributed by atoms with Gasteiger partial charge in [-0.05, 0) is 31.5 Å². The minimum Gasteiger partial charge on any atom is -0.493 e. The van der Waals surface area contributed by atoms with E-state index in [2.05, 4.69) is 10.2 Å². The summed E-state index contributed by atoms with van der Waals surface area (Å²) in [5.74, 6) is 1.97. The molecule has 0 radical (unpaired) electrons. The van der Waals surface area contributed by atoms with Gasteiger partial charge in [-0.2, -0.15) is 0 Å². The van der Waals surface area contributed by atoms with Crippen molar-refractivity contribution in [3.63, 3.8) is 0 Å². The largest absolute Gasteiger partial charge is 0.493 e. The minimum absolute atomic E-state index is 0.0139. The number of nitrogens with zero attached hydrogens (tertiary/aromatic N) is 2. The number of rotatable bonds is 8. The lowest BCUT2D eigenvalue weighted by molar-refractivity contribution is 0.102. The molecule has 3 aromatic rings. The van der Waals surface area contributed by atoms with E-state index >= 15 is 0 Å². The molecule has 152 valence electrons. The van der Waals surface area contributed by atoms with E-state index in [1.165, 1.54) is 33.1 Å². The molecule has 1 aromatic heterocycles. The standard InChI is InChI=1S/C21H22N2O5S/c1-12-6-7-15(13(2)8-12)16(24)11-29-21-23-22-20(28-21)14-9-17(25-3)19(27-5)18(10-14)26-4/h6-10H,11H2,1-5H3. The van der Waals surface area contributed by atoms with Gasteiger partial charge in [0, 0.05) is 11.1 Å². The summed E-state index contributed by atoms with van der Waals surface area (Å²) >= 11 is 1.20. The zero-order valence-electron chi connectivity index (χ0n) is 16.9. The fourth-order valence-electron chi connectivity index (χ4n) is 2.92. The molecule has 0 aliphatic heterocycles. The molecule has 0 spiro atoms. The van der Waals surface area contributed by atoms with Gasteiger partial charge >= 0.3 is 0 Å². The molecule has 0 N–H and O–H groups in total. The van der Waals surface area contributed by atoms with Crippen LogP contribution >= 0.6 is 11.8 Å². The van der Waals surface area contributed by atoms with Crippen molar-refractivity contribution in [3.05, 3.63) is 47.0 Å². The molecular formula is C21H22N2O5S. The molecule has 3 rings (SSSR count). The lowest BCUT2D eigenvalue weighted by atomic mass is 10.0. The highest BCUT2D eigenvalue weighted by atomic mass is 32.2. The number of hydrogen-bond acceptors (Lipinski definition) is 8. The molecule has 7 nitrogen and oxygen atoms in total. The number of benzene rings is 2. The molecule has 0 saturated heterocycles. The average molecular weight is 414 g/mol. The van der Waals surface area contributed by atoms with Crippen LogP contribution in [0.3, 0.4) is 0 Å². The Morgan fingerprint density at radius 3 is 2.28 bits per heavy atom. The van der Waals surface area contributed by atoms with Gasteiger partial charge in [0.2, 0.25) is 11.6 Å². The number of aryl methyl sites for hydroxylation is 2. The van der Waals surface area contributed by atoms with Gasteiger partial charge in [0.1, 0.15) is 0 Å². The number of carbonyl (C=O) groups excluding carboxylic acids is 1. The molecule has 29 heavy (non-hydrogen) atoms. The van der Waals surface area contributed by atoms with Gasteiger partial charge in [-0.1, -0.05) is 35.5 Å². The maximum atomic E-state index is 12.5. The fraction of sp³-hybridized carbons (Fsp3) is 0.286. The molecule has 0 unspecified atom stereocenters. The Morgan fingerprint density at radius 2 is 1.69 bits per heavy atom. The maximum absolute atomic E-state index is 12.5. The SMILES string of the molecule is COc1cc(-c2nnc(SCC(=O)c3ccc(C)cc3C)o2)cc(OC)c1OC. The van der Waals surface area contributed by atoms with E-state index in [4.69, 9.17) is 18.6 Å². The highest BCUT2D eigenvalue weighted by molar-refractivity contribution is 7.99. The first-order valence-electron chi connectivity index (χ1n) is 8.84. The lowest BCUT2D eigenvalue weighted by Gasteiger charge is -2.12. The second-order valence-electron chi connectivity index (χ2n) is 6.32. The predicted molar refractivity (Wildman–Crippen MR) is 110 cm³/mol. The molecular weight excluding hydrogens is 392 g/mol. The van der Waals surface area contributed by atoms with Crippen molar-refractivity contribution >= 4 is 17.5 Å². The third-order valence-electron chi connectivity index (χ3n) is 4.33. The van der Waals surface area contributed by atoms with Crippen LogP contribution in [0.25, 0.3) is 11.5 Å². The molecule has 0 amide bonds.